The zero-order valence-electron chi connectivity index (χ0n) is 8.91. The minimum Gasteiger partial charge on any atom is -0.394 e. The van der Waals surface area contributed by atoms with Gasteiger partial charge in [0.25, 0.3) is 0 Å². The number of aliphatic hydroxyl groups is 1. The minimum atomic E-state index is -0.483. The SMILES string of the molecule is CC(CO)N(C)c1nn(C)cc1[N+](=O)[O-]. The van der Waals surface area contributed by atoms with Crippen molar-refractivity contribution in [3.05, 3.63) is 16.3 Å². The summed E-state index contributed by atoms with van der Waals surface area (Å²) in [5.74, 6) is 0.268. The van der Waals surface area contributed by atoms with Gasteiger partial charge in [-0.05, 0) is 6.92 Å². The normalized spacial score (nSPS) is 12.5. The van der Waals surface area contributed by atoms with Gasteiger partial charge < -0.3 is 10.0 Å². The molecule has 1 unspecified atom stereocenters. The molecule has 0 amide bonds. The van der Waals surface area contributed by atoms with E-state index in [1.807, 2.05) is 0 Å². The van der Waals surface area contributed by atoms with Crippen LogP contribution < -0.4 is 4.90 Å². The lowest BCUT2D eigenvalue weighted by molar-refractivity contribution is -0.384. The molecule has 7 heteroatoms. The Morgan fingerprint density at radius 2 is 2.40 bits per heavy atom. The van der Waals surface area contributed by atoms with Crippen LogP contribution in [0.25, 0.3) is 0 Å². The number of hydrogen-bond donors (Lipinski definition) is 1. The molecule has 0 saturated carbocycles. The predicted octanol–water partition coefficient (Wildman–Crippen LogP) is 0.145. The summed E-state index contributed by atoms with van der Waals surface area (Å²) < 4.78 is 1.38. The zero-order chi connectivity index (χ0) is 11.6. The van der Waals surface area contributed by atoms with Crippen molar-refractivity contribution in [3.63, 3.8) is 0 Å². The third-order valence-corrected chi connectivity index (χ3v) is 2.25. The Hall–Kier alpha value is -1.63. The summed E-state index contributed by atoms with van der Waals surface area (Å²) in [6, 6.07) is -0.210. The van der Waals surface area contributed by atoms with Crippen LogP contribution in [-0.4, -0.2) is 39.5 Å². The molecule has 0 aromatic carbocycles. The summed E-state index contributed by atoms with van der Waals surface area (Å²) in [4.78, 5) is 11.8. The van der Waals surface area contributed by atoms with E-state index in [-0.39, 0.29) is 24.2 Å². The highest BCUT2D eigenvalue weighted by atomic mass is 16.6. The zero-order valence-corrected chi connectivity index (χ0v) is 8.91. The molecule has 0 saturated heterocycles. The standard InChI is InChI=1S/C8H14N4O3/c1-6(5-13)11(3)8-7(12(14)15)4-10(2)9-8/h4,6,13H,5H2,1-3H3. The molecule has 1 aromatic rings. The molecule has 1 N–H and O–H groups in total. The van der Waals surface area contributed by atoms with Gasteiger partial charge in [0, 0.05) is 14.1 Å². The number of likely N-dealkylation sites (N-methyl/N-ethyl adjacent to an activating group) is 1. The van der Waals surface area contributed by atoms with Gasteiger partial charge in [0.15, 0.2) is 0 Å². The lowest BCUT2D eigenvalue weighted by Gasteiger charge is -2.21. The van der Waals surface area contributed by atoms with E-state index in [2.05, 4.69) is 5.10 Å². The molecule has 0 aliphatic heterocycles. The van der Waals surface area contributed by atoms with Crippen molar-refractivity contribution >= 4 is 11.5 Å². The van der Waals surface area contributed by atoms with Crippen molar-refractivity contribution in [1.82, 2.24) is 9.78 Å². The molecule has 1 heterocycles. The second-order valence-electron chi connectivity index (χ2n) is 3.41. The first-order chi connectivity index (χ1) is 6.97. The van der Waals surface area contributed by atoms with Crippen molar-refractivity contribution in [2.24, 2.45) is 7.05 Å². The van der Waals surface area contributed by atoms with Crippen molar-refractivity contribution in [1.29, 1.82) is 0 Å². The highest BCUT2D eigenvalue weighted by Crippen LogP contribution is 2.25. The highest BCUT2D eigenvalue weighted by molar-refractivity contribution is 5.56. The Labute approximate surface area is 87.1 Å². The predicted molar refractivity (Wildman–Crippen MR) is 54.8 cm³/mol. The fourth-order valence-electron chi connectivity index (χ4n) is 1.18. The maximum atomic E-state index is 10.7. The fraction of sp³-hybridized carbons (Fsp3) is 0.625. The number of nitro groups is 1. The molecule has 84 valence electrons. The summed E-state index contributed by atoms with van der Waals surface area (Å²) in [6.07, 6.45) is 1.34. The van der Waals surface area contributed by atoms with Crippen LogP contribution in [0.5, 0.6) is 0 Å². The monoisotopic (exact) mass is 214 g/mol. The van der Waals surface area contributed by atoms with E-state index in [1.165, 1.54) is 10.9 Å². The van der Waals surface area contributed by atoms with E-state index < -0.39 is 4.92 Å². The Balaban J connectivity index is 3.07. The Morgan fingerprint density at radius 1 is 1.80 bits per heavy atom. The molecule has 1 aromatic heterocycles. The molecule has 15 heavy (non-hydrogen) atoms. The van der Waals surface area contributed by atoms with Crippen LogP contribution in [0.4, 0.5) is 11.5 Å². The van der Waals surface area contributed by atoms with Crippen LogP contribution in [0.3, 0.4) is 0 Å². The second-order valence-corrected chi connectivity index (χ2v) is 3.41. The number of rotatable bonds is 4. The second kappa shape index (κ2) is 4.26. The fourth-order valence-corrected chi connectivity index (χ4v) is 1.18. The number of hydrogen-bond acceptors (Lipinski definition) is 5. The van der Waals surface area contributed by atoms with Crippen LogP contribution in [0, 0.1) is 10.1 Å². The Kier molecular flexibility index (Phi) is 3.25. The number of aryl methyl sites for hydroxylation is 1. The molecule has 0 radical (unpaired) electrons. The van der Waals surface area contributed by atoms with E-state index in [0.29, 0.717) is 0 Å². The molecule has 1 rings (SSSR count). The Bertz CT molecular complexity index is 363. The maximum Gasteiger partial charge on any atom is 0.330 e. The first-order valence-corrected chi connectivity index (χ1v) is 4.49. The molecule has 7 nitrogen and oxygen atoms in total. The maximum absolute atomic E-state index is 10.7. The lowest BCUT2D eigenvalue weighted by Crippen LogP contribution is -2.32. The number of aliphatic hydroxyl groups excluding tert-OH is 1. The molecule has 0 fully saturated rings. The van der Waals surface area contributed by atoms with Crippen molar-refractivity contribution in [2.45, 2.75) is 13.0 Å². The Morgan fingerprint density at radius 3 is 2.87 bits per heavy atom. The summed E-state index contributed by atoms with van der Waals surface area (Å²) >= 11 is 0. The van der Waals surface area contributed by atoms with E-state index in [0.717, 1.165) is 0 Å². The first-order valence-electron chi connectivity index (χ1n) is 4.49. The van der Waals surface area contributed by atoms with Gasteiger partial charge in [-0.25, -0.2) is 0 Å². The molecule has 0 aliphatic rings. The van der Waals surface area contributed by atoms with Crippen LogP contribution >= 0.6 is 0 Å². The van der Waals surface area contributed by atoms with Gasteiger partial charge in [0.05, 0.1) is 17.6 Å². The molecule has 0 spiro atoms. The number of anilines is 1. The third-order valence-electron chi connectivity index (χ3n) is 2.25. The minimum absolute atomic E-state index is 0.0553. The molecular weight excluding hydrogens is 200 g/mol. The number of nitrogens with zero attached hydrogens (tertiary/aromatic N) is 4. The van der Waals surface area contributed by atoms with Gasteiger partial charge in [-0.3, -0.25) is 14.8 Å². The molecule has 0 bridgehead atoms. The molecule has 1 atom stereocenters. The smallest absolute Gasteiger partial charge is 0.330 e. The topological polar surface area (TPSA) is 84.4 Å². The van der Waals surface area contributed by atoms with Gasteiger partial charge in [0.2, 0.25) is 5.82 Å². The van der Waals surface area contributed by atoms with Gasteiger partial charge in [-0.2, -0.15) is 0 Å². The van der Waals surface area contributed by atoms with Gasteiger partial charge in [-0.15, -0.1) is 5.10 Å². The molecular formula is C8H14N4O3. The van der Waals surface area contributed by atoms with Crippen LogP contribution in [-0.2, 0) is 7.05 Å². The van der Waals surface area contributed by atoms with Crippen LogP contribution in [0.15, 0.2) is 6.20 Å². The first kappa shape index (κ1) is 11.4. The average molecular weight is 214 g/mol. The van der Waals surface area contributed by atoms with Gasteiger partial charge in [-0.1, -0.05) is 0 Å². The summed E-state index contributed by atoms with van der Waals surface area (Å²) in [5.41, 5.74) is -0.0553. The quantitative estimate of drug-likeness (QED) is 0.569. The van der Waals surface area contributed by atoms with Crippen molar-refractivity contribution < 1.29 is 10.0 Å². The third kappa shape index (κ3) is 2.24. The van der Waals surface area contributed by atoms with Crippen LogP contribution in [0.1, 0.15) is 6.92 Å². The average Bonchev–Trinajstić information content (AvgIpc) is 2.58. The number of aromatic nitrogens is 2. The summed E-state index contributed by atoms with van der Waals surface area (Å²) in [7, 11) is 3.28. The summed E-state index contributed by atoms with van der Waals surface area (Å²) in [6.45, 7) is 1.68. The van der Waals surface area contributed by atoms with Gasteiger partial charge in [0.1, 0.15) is 6.20 Å². The summed E-state index contributed by atoms with van der Waals surface area (Å²) in [5, 5.41) is 23.7. The van der Waals surface area contributed by atoms with Gasteiger partial charge >= 0.3 is 5.69 Å². The van der Waals surface area contributed by atoms with E-state index in [1.54, 1.807) is 25.9 Å². The van der Waals surface area contributed by atoms with Crippen LogP contribution in [0.2, 0.25) is 0 Å². The highest BCUT2D eigenvalue weighted by Gasteiger charge is 2.24. The van der Waals surface area contributed by atoms with E-state index >= 15 is 0 Å². The largest absolute Gasteiger partial charge is 0.394 e. The van der Waals surface area contributed by atoms with E-state index in [4.69, 9.17) is 5.11 Å². The van der Waals surface area contributed by atoms with Crippen molar-refractivity contribution in [3.8, 4) is 0 Å². The van der Waals surface area contributed by atoms with Crippen molar-refractivity contribution in [2.75, 3.05) is 18.6 Å². The lowest BCUT2D eigenvalue weighted by atomic mass is 10.3. The molecule has 0 aliphatic carbocycles. The van der Waals surface area contributed by atoms with E-state index in [9.17, 15) is 10.1 Å².